The number of hydrogen-bond donors (Lipinski definition) is 2. The summed E-state index contributed by atoms with van der Waals surface area (Å²) in [5, 5.41) is 7.27. The zero-order valence-electron chi connectivity index (χ0n) is 14.6. The maximum absolute atomic E-state index is 12.4. The molecule has 0 saturated carbocycles. The van der Waals surface area contributed by atoms with Crippen LogP contribution in [-0.2, 0) is 11.8 Å². The Morgan fingerprint density at radius 2 is 1.93 bits per heavy atom. The van der Waals surface area contributed by atoms with E-state index in [9.17, 15) is 14.4 Å². The van der Waals surface area contributed by atoms with E-state index in [0.717, 1.165) is 0 Å². The maximum Gasteiger partial charge on any atom is 0.261 e. The molecular formula is C19H18N4O3S. The predicted molar refractivity (Wildman–Crippen MR) is 103 cm³/mol. The van der Waals surface area contributed by atoms with Gasteiger partial charge in [-0.15, -0.1) is 11.3 Å². The number of ketones is 1. The lowest BCUT2D eigenvalue weighted by Gasteiger charge is -2.07. The number of aromatic nitrogens is 2. The molecule has 8 heteroatoms. The van der Waals surface area contributed by atoms with E-state index in [0.29, 0.717) is 22.0 Å². The molecule has 0 aliphatic carbocycles. The van der Waals surface area contributed by atoms with E-state index in [4.69, 9.17) is 0 Å². The molecule has 27 heavy (non-hydrogen) atoms. The number of thiophene rings is 1. The molecule has 0 atom stereocenters. The minimum atomic E-state index is -0.218. The van der Waals surface area contributed by atoms with Crippen LogP contribution in [0.4, 0.5) is 5.69 Å². The number of amides is 2. The second-order valence-corrected chi connectivity index (χ2v) is 6.75. The Morgan fingerprint density at radius 1 is 1.15 bits per heavy atom. The fourth-order valence-corrected chi connectivity index (χ4v) is 3.07. The number of anilines is 1. The van der Waals surface area contributed by atoms with Gasteiger partial charge in [-0.2, -0.15) is 0 Å². The van der Waals surface area contributed by atoms with Gasteiger partial charge in [0.15, 0.2) is 5.82 Å². The zero-order chi connectivity index (χ0) is 19.2. The Bertz CT molecular complexity index is 946. The van der Waals surface area contributed by atoms with E-state index < -0.39 is 0 Å². The third-order valence-corrected chi connectivity index (χ3v) is 4.71. The smallest absolute Gasteiger partial charge is 0.261 e. The van der Waals surface area contributed by atoms with Crippen LogP contribution in [0.1, 0.15) is 32.3 Å². The molecule has 2 amide bonds. The first-order chi connectivity index (χ1) is 13.0. The molecule has 0 spiro atoms. The third kappa shape index (κ3) is 4.68. The Kier molecular flexibility index (Phi) is 5.77. The molecule has 0 radical (unpaired) electrons. The summed E-state index contributed by atoms with van der Waals surface area (Å²) < 4.78 is 1.66. The Balaban J connectivity index is 1.49. The van der Waals surface area contributed by atoms with E-state index in [1.54, 1.807) is 60.4 Å². The molecule has 2 aromatic heterocycles. The second-order valence-electron chi connectivity index (χ2n) is 5.80. The molecule has 3 rings (SSSR count). The van der Waals surface area contributed by atoms with Crippen molar-refractivity contribution in [1.29, 1.82) is 0 Å². The van der Waals surface area contributed by atoms with Gasteiger partial charge in [-0.25, -0.2) is 4.98 Å². The van der Waals surface area contributed by atoms with Crippen molar-refractivity contribution < 1.29 is 14.4 Å². The molecule has 2 heterocycles. The van der Waals surface area contributed by atoms with Crippen molar-refractivity contribution in [2.45, 2.75) is 6.42 Å². The Morgan fingerprint density at radius 3 is 2.56 bits per heavy atom. The number of nitrogens with one attached hydrogen (secondary N) is 2. The third-order valence-electron chi connectivity index (χ3n) is 3.84. The lowest BCUT2D eigenvalue weighted by molar-refractivity contribution is -0.116. The van der Waals surface area contributed by atoms with Crippen LogP contribution in [0, 0.1) is 0 Å². The van der Waals surface area contributed by atoms with Crippen LogP contribution < -0.4 is 10.6 Å². The molecular weight excluding hydrogens is 364 g/mol. The molecule has 0 fully saturated rings. The molecule has 0 unspecified atom stereocenters. The van der Waals surface area contributed by atoms with Crippen LogP contribution in [0.3, 0.4) is 0 Å². The lowest BCUT2D eigenvalue weighted by Crippen LogP contribution is -2.27. The van der Waals surface area contributed by atoms with E-state index in [2.05, 4.69) is 15.6 Å². The lowest BCUT2D eigenvalue weighted by atomic mass is 10.1. The van der Waals surface area contributed by atoms with Crippen LogP contribution >= 0.6 is 11.3 Å². The summed E-state index contributed by atoms with van der Waals surface area (Å²) >= 11 is 1.35. The van der Waals surface area contributed by atoms with Gasteiger partial charge in [0, 0.05) is 43.7 Å². The van der Waals surface area contributed by atoms with Gasteiger partial charge in [-0.1, -0.05) is 6.07 Å². The van der Waals surface area contributed by atoms with Gasteiger partial charge < -0.3 is 15.2 Å². The van der Waals surface area contributed by atoms with Gasteiger partial charge in [0.2, 0.25) is 11.7 Å². The minimum absolute atomic E-state index is 0.158. The summed E-state index contributed by atoms with van der Waals surface area (Å²) in [6, 6.07) is 10.1. The predicted octanol–water partition coefficient (Wildman–Crippen LogP) is 2.47. The van der Waals surface area contributed by atoms with Gasteiger partial charge in [0.1, 0.15) is 0 Å². The zero-order valence-corrected chi connectivity index (χ0v) is 15.5. The molecule has 0 aliphatic heterocycles. The molecule has 3 aromatic rings. The van der Waals surface area contributed by atoms with Crippen LogP contribution in [0.25, 0.3) is 0 Å². The quantitative estimate of drug-likeness (QED) is 0.614. The van der Waals surface area contributed by atoms with Crippen LogP contribution in [-0.4, -0.2) is 33.7 Å². The monoisotopic (exact) mass is 382 g/mol. The van der Waals surface area contributed by atoms with Crippen LogP contribution in [0.5, 0.6) is 0 Å². The summed E-state index contributed by atoms with van der Waals surface area (Å²) in [6.45, 7) is 0.248. The van der Waals surface area contributed by atoms with E-state index in [1.165, 1.54) is 11.3 Å². The van der Waals surface area contributed by atoms with Crippen LogP contribution in [0.2, 0.25) is 0 Å². The number of carbonyl (C=O) groups excluding carboxylic acids is 3. The van der Waals surface area contributed by atoms with Crippen molar-refractivity contribution in [1.82, 2.24) is 14.9 Å². The molecule has 0 bridgehead atoms. The van der Waals surface area contributed by atoms with Gasteiger partial charge in [-0.05, 0) is 35.7 Å². The standard InChI is InChI=1S/C19H18N4O3S/c1-23-11-10-20-18(23)17(25)13-4-6-14(7-5-13)22-16(24)8-9-21-19(26)15-3-2-12-27-15/h2-7,10-12H,8-9H2,1H3,(H,21,26)(H,22,24). The highest BCUT2D eigenvalue weighted by atomic mass is 32.1. The van der Waals surface area contributed by atoms with Crippen molar-refractivity contribution >= 4 is 34.6 Å². The molecule has 1 aromatic carbocycles. The van der Waals surface area contributed by atoms with Crippen molar-refractivity contribution in [3.05, 3.63) is 70.4 Å². The number of hydrogen-bond acceptors (Lipinski definition) is 5. The van der Waals surface area contributed by atoms with E-state index >= 15 is 0 Å². The molecule has 0 aliphatic rings. The first kappa shape index (κ1) is 18.5. The number of aryl methyl sites for hydroxylation is 1. The summed E-state index contributed by atoms with van der Waals surface area (Å²) in [7, 11) is 1.76. The normalized spacial score (nSPS) is 10.4. The molecule has 2 N–H and O–H groups in total. The summed E-state index contributed by atoms with van der Waals surface area (Å²) in [5.74, 6) is -0.232. The van der Waals surface area contributed by atoms with Gasteiger partial charge in [-0.3, -0.25) is 14.4 Å². The summed E-state index contributed by atoms with van der Waals surface area (Å²) in [6.07, 6.45) is 3.43. The topological polar surface area (TPSA) is 93.1 Å². The maximum atomic E-state index is 12.4. The van der Waals surface area contributed by atoms with E-state index in [-0.39, 0.29) is 30.6 Å². The van der Waals surface area contributed by atoms with E-state index in [1.807, 2.05) is 5.38 Å². The van der Waals surface area contributed by atoms with Gasteiger partial charge in [0.05, 0.1) is 4.88 Å². The van der Waals surface area contributed by atoms with Crippen molar-refractivity contribution in [2.75, 3.05) is 11.9 Å². The highest BCUT2D eigenvalue weighted by Crippen LogP contribution is 2.13. The van der Waals surface area contributed by atoms with Gasteiger partial charge >= 0.3 is 0 Å². The number of nitrogens with zero attached hydrogens (tertiary/aromatic N) is 2. The summed E-state index contributed by atoms with van der Waals surface area (Å²) in [5.41, 5.74) is 1.08. The first-order valence-electron chi connectivity index (χ1n) is 8.28. The molecule has 0 saturated heterocycles. The fraction of sp³-hybridized carbons (Fsp3) is 0.158. The number of rotatable bonds is 7. The average Bonchev–Trinajstić information content (AvgIpc) is 3.33. The largest absolute Gasteiger partial charge is 0.351 e. The van der Waals surface area contributed by atoms with Crippen molar-refractivity contribution in [3.63, 3.8) is 0 Å². The highest BCUT2D eigenvalue weighted by Gasteiger charge is 2.13. The molecule has 7 nitrogen and oxygen atoms in total. The minimum Gasteiger partial charge on any atom is -0.351 e. The Hall–Kier alpha value is -3.26. The SMILES string of the molecule is Cn1ccnc1C(=O)c1ccc(NC(=O)CCNC(=O)c2cccs2)cc1. The summed E-state index contributed by atoms with van der Waals surface area (Å²) in [4.78, 5) is 40.8. The number of imidazole rings is 1. The Labute approximate surface area is 160 Å². The van der Waals surface area contributed by atoms with Crippen molar-refractivity contribution in [2.24, 2.45) is 7.05 Å². The number of benzene rings is 1. The number of carbonyl (C=O) groups is 3. The average molecular weight is 382 g/mol. The second kappa shape index (κ2) is 8.41. The first-order valence-corrected chi connectivity index (χ1v) is 9.16. The van der Waals surface area contributed by atoms with Crippen molar-refractivity contribution in [3.8, 4) is 0 Å². The van der Waals surface area contributed by atoms with Crippen LogP contribution in [0.15, 0.2) is 54.2 Å². The van der Waals surface area contributed by atoms with Gasteiger partial charge in [0.25, 0.3) is 5.91 Å². The fourth-order valence-electron chi connectivity index (χ4n) is 2.43. The highest BCUT2D eigenvalue weighted by molar-refractivity contribution is 7.12. The molecule has 138 valence electrons.